The quantitative estimate of drug-likeness (QED) is 0.581. The van der Waals surface area contributed by atoms with Crippen LogP contribution in [-0.2, 0) is 5.33 Å². The summed E-state index contributed by atoms with van der Waals surface area (Å²) >= 11 is 3.45. The van der Waals surface area contributed by atoms with Gasteiger partial charge in [0.2, 0.25) is 0 Å². The van der Waals surface area contributed by atoms with E-state index in [4.69, 9.17) is 9.47 Å². The highest BCUT2D eigenvalue weighted by Gasteiger charge is 2.10. The van der Waals surface area contributed by atoms with Crippen LogP contribution in [0.1, 0.15) is 45.1 Å². The molecule has 0 aromatic heterocycles. The molecule has 0 aliphatic heterocycles. The van der Waals surface area contributed by atoms with Crippen LogP contribution in [-0.4, -0.2) is 13.7 Å². The van der Waals surface area contributed by atoms with Crippen molar-refractivity contribution >= 4 is 15.9 Å². The molecule has 108 valence electrons. The van der Waals surface area contributed by atoms with Gasteiger partial charge in [0.1, 0.15) is 0 Å². The molecule has 19 heavy (non-hydrogen) atoms. The predicted octanol–water partition coefficient (Wildman–Crippen LogP) is 5.19. The second kappa shape index (κ2) is 9.24. The molecular weight excluding hydrogens is 304 g/mol. The van der Waals surface area contributed by atoms with Gasteiger partial charge >= 0.3 is 0 Å². The Morgan fingerprint density at radius 2 is 2.00 bits per heavy atom. The zero-order chi connectivity index (χ0) is 14.1. The summed E-state index contributed by atoms with van der Waals surface area (Å²) in [6.07, 6.45) is 4.94. The Bertz CT molecular complexity index is 366. The van der Waals surface area contributed by atoms with E-state index >= 15 is 0 Å². The van der Waals surface area contributed by atoms with Crippen molar-refractivity contribution in [3.63, 3.8) is 0 Å². The van der Waals surface area contributed by atoms with Crippen molar-refractivity contribution in [2.75, 3.05) is 13.7 Å². The number of hydrogen-bond acceptors (Lipinski definition) is 2. The van der Waals surface area contributed by atoms with Gasteiger partial charge in [-0.2, -0.15) is 0 Å². The Kier molecular flexibility index (Phi) is 7.96. The van der Waals surface area contributed by atoms with E-state index in [0.717, 1.165) is 23.4 Å². The molecular formula is C16H25BrO2. The van der Waals surface area contributed by atoms with Crippen molar-refractivity contribution in [3.05, 3.63) is 23.8 Å². The lowest BCUT2D eigenvalue weighted by atomic mass is 10.0. The molecule has 0 saturated heterocycles. The summed E-state index contributed by atoms with van der Waals surface area (Å²) < 4.78 is 11.3. The molecule has 0 amide bonds. The summed E-state index contributed by atoms with van der Waals surface area (Å²) in [7, 11) is 1.69. The van der Waals surface area contributed by atoms with Crippen LogP contribution in [0.15, 0.2) is 18.2 Å². The van der Waals surface area contributed by atoms with Gasteiger partial charge in [-0.15, -0.1) is 0 Å². The Balaban J connectivity index is 2.60. The van der Waals surface area contributed by atoms with Crippen molar-refractivity contribution in [2.24, 2.45) is 5.92 Å². The number of ether oxygens (including phenoxy) is 2. The normalized spacial score (nSPS) is 12.2. The van der Waals surface area contributed by atoms with E-state index in [1.54, 1.807) is 7.11 Å². The lowest BCUT2D eigenvalue weighted by molar-refractivity contribution is 0.224. The molecule has 2 nitrogen and oxygen atoms in total. The molecule has 0 aliphatic rings. The predicted molar refractivity (Wildman–Crippen MR) is 84.4 cm³/mol. The van der Waals surface area contributed by atoms with Crippen molar-refractivity contribution in [1.29, 1.82) is 0 Å². The van der Waals surface area contributed by atoms with E-state index < -0.39 is 0 Å². The Morgan fingerprint density at radius 3 is 2.58 bits per heavy atom. The monoisotopic (exact) mass is 328 g/mol. The van der Waals surface area contributed by atoms with Gasteiger partial charge in [0, 0.05) is 5.33 Å². The van der Waals surface area contributed by atoms with Crippen LogP contribution in [0.2, 0.25) is 0 Å². The molecule has 0 saturated carbocycles. The van der Waals surface area contributed by atoms with Crippen LogP contribution in [0.25, 0.3) is 0 Å². The molecule has 0 bridgehead atoms. The summed E-state index contributed by atoms with van der Waals surface area (Å²) in [5, 5.41) is 0.831. The van der Waals surface area contributed by atoms with Gasteiger partial charge in [0.05, 0.1) is 13.7 Å². The van der Waals surface area contributed by atoms with Gasteiger partial charge in [-0.05, 0) is 30.0 Å². The number of halogens is 1. The summed E-state index contributed by atoms with van der Waals surface area (Å²) in [6, 6.07) is 6.10. The Labute approximate surface area is 125 Å². The Morgan fingerprint density at radius 1 is 1.21 bits per heavy atom. The molecule has 1 rings (SSSR count). The maximum Gasteiger partial charge on any atom is 0.161 e. The van der Waals surface area contributed by atoms with E-state index in [2.05, 4.69) is 35.8 Å². The first-order valence-electron chi connectivity index (χ1n) is 7.10. The third-order valence-corrected chi connectivity index (χ3v) is 4.05. The van der Waals surface area contributed by atoms with Gasteiger partial charge < -0.3 is 9.47 Å². The highest BCUT2D eigenvalue weighted by Crippen LogP contribution is 2.29. The third-order valence-electron chi connectivity index (χ3n) is 3.40. The fourth-order valence-corrected chi connectivity index (χ4v) is 2.37. The number of hydrogen-bond donors (Lipinski definition) is 0. The first-order chi connectivity index (χ1) is 9.24. The molecule has 0 fully saturated rings. The standard InChI is InChI=1S/C16H25BrO2/c1-4-6-7-13(5-2)12-19-15-9-8-14(11-17)10-16(15)18-3/h8-10,13H,4-7,11-12H2,1-3H3. The highest BCUT2D eigenvalue weighted by atomic mass is 79.9. The van der Waals surface area contributed by atoms with E-state index in [9.17, 15) is 0 Å². The zero-order valence-corrected chi connectivity index (χ0v) is 13.8. The minimum absolute atomic E-state index is 0.639. The van der Waals surface area contributed by atoms with Gasteiger partial charge in [0.15, 0.2) is 11.5 Å². The number of unbranched alkanes of at least 4 members (excludes halogenated alkanes) is 1. The number of rotatable bonds is 9. The molecule has 1 aromatic rings. The van der Waals surface area contributed by atoms with Crippen molar-refractivity contribution in [1.82, 2.24) is 0 Å². The third kappa shape index (κ3) is 5.43. The fraction of sp³-hybridized carbons (Fsp3) is 0.625. The first kappa shape index (κ1) is 16.4. The van der Waals surface area contributed by atoms with Crippen LogP contribution >= 0.6 is 15.9 Å². The average molecular weight is 329 g/mol. The summed E-state index contributed by atoms with van der Waals surface area (Å²) in [5.74, 6) is 2.31. The maximum absolute atomic E-state index is 5.94. The van der Waals surface area contributed by atoms with Crippen LogP contribution in [0.5, 0.6) is 11.5 Å². The topological polar surface area (TPSA) is 18.5 Å². The molecule has 1 atom stereocenters. The SMILES string of the molecule is CCCCC(CC)COc1ccc(CBr)cc1OC. The van der Waals surface area contributed by atoms with E-state index in [1.807, 2.05) is 12.1 Å². The van der Waals surface area contributed by atoms with Gasteiger partial charge in [-0.1, -0.05) is 55.1 Å². The number of alkyl halides is 1. The van der Waals surface area contributed by atoms with Crippen molar-refractivity contribution < 1.29 is 9.47 Å². The number of benzene rings is 1. The van der Waals surface area contributed by atoms with Crippen LogP contribution < -0.4 is 9.47 Å². The molecule has 0 heterocycles. The molecule has 1 unspecified atom stereocenters. The summed E-state index contributed by atoms with van der Waals surface area (Å²) in [6.45, 7) is 5.24. The van der Waals surface area contributed by atoms with Gasteiger partial charge in [0.25, 0.3) is 0 Å². The molecule has 1 aromatic carbocycles. The lowest BCUT2D eigenvalue weighted by Crippen LogP contribution is -2.11. The minimum atomic E-state index is 0.639. The maximum atomic E-state index is 5.94. The molecule has 0 radical (unpaired) electrons. The van der Waals surface area contributed by atoms with Crippen LogP contribution in [0, 0.1) is 5.92 Å². The second-order valence-electron chi connectivity index (χ2n) is 4.85. The van der Waals surface area contributed by atoms with E-state index in [0.29, 0.717) is 5.92 Å². The van der Waals surface area contributed by atoms with E-state index in [1.165, 1.54) is 31.2 Å². The van der Waals surface area contributed by atoms with Crippen LogP contribution in [0.4, 0.5) is 0 Å². The van der Waals surface area contributed by atoms with E-state index in [-0.39, 0.29) is 0 Å². The van der Waals surface area contributed by atoms with Crippen molar-refractivity contribution in [3.8, 4) is 11.5 Å². The number of methoxy groups -OCH3 is 1. The minimum Gasteiger partial charge on any atom is -0.493 e. The summed E-state index contributed by atoms with van der Waals surface area (Å²) in [4.78, 5) is 0. The molecule has 0 spiro atoms. The molecule has 0 aliphatic carbocycles. The highest BCUT2D eigenvalue weighted by molar-refractivity contribution is 9.08. The largest absolute Gasteiger partial charge is 0.493 e. The average Bonchev–Trinajstić information content (AvgIpc) is 2.47. The van der Waals surface area contributed by atoms with Gasteiger partial charge in [-0.25, -0.2) is 0 Å². The molecule has 3 heteroatoms. The second-order valence-corrected chi connectivity index (χ2v) is 5.41. The zero-order valence-electron chi connectivity index (χ0n) is 12.2. The first-order valence-corrected chi connectivity index (χ1v) is 8.22. The lowest BCUT2D eigenvalue weighted by Gasteiger charge is -2.17. The molecule has 0 N–H and O–H groups in total. The van der Waals surface area contributed by atoms with Crippen LogP contribution in [0.3, 0.4) is 0 Å². The smallest absolute Gasteiger partial charge is 0.161 e. The summed E-state index contributed by atoms with van der Waals surface area (Å²) in [5.41, 5.74) is 1.20. The van der Waals surface area contributed by atoms with Crippen molar-refractivity contribution in [2.45, 2.75) is 44.9 Å². The Hall–Kier alpha value is -0.700. The van der Waals surface area contributed by atoms with Gasteiger partial charge in [-0.3, -0.25) is 0 Å². The fourth-order valence-electron chi connectivity index (χ4n) is 2.02.